The average molecular weight is 319 g/mol. The normalized spacial score (nSPS) is 14.9. The van der Waals surface area contributed by atoms with Crippen LogP contribution in [0.4, 0.5) is 10.9 Å². The Morgan fingerprint density at radius 3 is 2.77 bits per heavy atom. The number of aromatic nitrogens is 3. The van der Waals surface area contributed by atoms with E-state index in [4.69, 9.17) is 4.74 Å². The van der Waals surface area contributed by atoms with Crippen molar-refractivity contribution in [3.63, 3.8) is 0 Å². The first-order valence-electron chi connectivity index (χ1n) is 7.03. The van der Waals surface area contributed by atoms with Crippen molar-refractivity contribution in [2.75, 3.05) is 36.5 Å². The maximum atomic E-state index is 12.3. The molecule has 1 aliphatic heterocycles. The van der Waals surface area contributed by atoms with E-state index in [-0.39, 0.29) is 5.91 Å². The summed E-state index contributed by atoms with van der Waals surface area (Å²) in [7, 11) is 0. The Labute approximate surface area is 132 Å². The minimum atomic E-state index is -0.273. The summed E-state index contributed by atoms with van der Waals surface area (Å²) in [5.74, 6) is 0.473. The van der Waals surface area contributed by atoms with E-state index in [0.717, 1.165) is 29.5 Å². The molecule has 0 atom stereocenters. The fourth-order valence-corrected chi connectivity index (χ4v) is 2.93. The third-order valence-corrected chi connectivity index (χ3v) is 4.46. The van der Waals surface area contributed by atoms with Gasteiger partial charge in [-0.25, -0.2) is 15.0 Å². The van der Waals surface area contributed by atoms with Crippen LogP contribution >= 0.6 is 11.3 Å². The van der Waals surface area contributed by atoms with E-state index in [9.17, 15) is 4.79 Å². The SMILES string of the molecule is Cc1nc(NC(=O)c2cc(N3CCOCC3)ncn2)sc1C. The van der Waals surface area contributed by atoms with E-state index in [0.29, 0.717) is 24.0 Å². The topological polar surface area (TPSA) is 80.2 Å². The van der Waals surface area contributed by atoms with E-state index >= 15 is 0 Å². The van der Waals surface area contributed by atoms with Crippen molar-refractivity contribution in [2.45, 2.75) is 13.8 Å². The summed E-state index contributed by atoms with van der Waals surface area (Å²) in [4.78, 5) is 28.1. The van der Waals surface area contributed by atoms with Crippen LogP contribution in [0.15, 0.2) is 12.4 Å². The predicted octanol–water partition coefficient (Wildman–Crippen LogP) is 1.64. The Bertz CT molecular complexity index is 662. The van der Waals surface area contributed by atoms with Gasteiger partial charge in [0.05, 0.1) is 18.9 Å². The first-order chi connectivity index (χ1) is 10.6. The lowest BCUT2D eigenvalue weighted by Crippen LogP contribution is -2.37. The van der Waals surface area contributed by atoms with Crippen LogP contribution in [-0.4, -0.2) is 47.2 Å². The third kappa shape index (κ3) is 3.23. The van der Waals surface area contributed by atoms with E-state index in [1.165, 1.54) is 17.7 Å². The highest BCUT2D eigenvalue weighted by molar-refractivity contribution is 7.15. The molecule has 8 heteroatoms. The number of aryl methyl sites for hydroxylation is 2. The highest BCUT2D eigenvalue weighted by Crippen LogP contribution is 2.22. The number of ether oxygens (including phenoxy) is 1. The number of carbonyl (C=O) groups is 1. The molecule has 0 spiro atoms. The Morgan fingerprint density at radius 1 is 1.32 bits per heavy atom. The molecule has 0 bridgehead atoms. The summed E-state index contributed by atoms with van der Waals surface area (Å²) in [5, 5.41) is 3.37. The molecule has 1 amide bonds. The van der Waals surface area contributed by atoms with Crippen molar-refractivity contribution in [1.29, 1.82) is 0 Å². The second kappa shape index (κ2) is 6.37. The maximum Gasteiger partial charge on any atom is 0.276 e. The number of carbonyl (C=O) groups excluding carboxylic acids is 1. The molecule has 7 nitrogen and oxygen atoms in total. The van der Waals surface area contributed by atoms with Gasteiger partial charge in [0.25, 0.3) is 5.91 Å². The highest BCUT2D eigenvalue weighted by atomic mass is 32.1. The van der Waals surface area contributed by atoms with Crippen molar-refractivity contribution >= 4 is 28.2 Å². The van der Waals surface area contributed by atoms with E-state index in [1.807, 2.05) is 13.8 Å². The van der Waals surface area contributed by atoms with Crippen LogP contribution in [-0.2, 0) is 4.74 Å². The number of hydrogen-bond donors (Lipinski definition) is 1. The van der Waals surface area contributed by atoms with Gasteiger partial charge in [0, 0.05) is 24.0 Å². The van der Waals surface area contributed by atoms with Gasteiger partial charge < -0.3 is 9.64 Å². The number of nitrogens with one attached hydrogen (secondary N) is 1. The molecule has 2 aromatic rings. The van der Waals surface area contributed by atoms with Crippen LogP contribution in [0, 0.1) is 13.8 Å². The summed E-state index contributed by atoms with van der Waals surface area (Å²) in [6, 6.07) is 1.70. The van der Waals surface area contributed by atoms with Crippen LogP contribution in [0.5, 0.6) is 0 Å². The van der Waals surface area contributed by atoms with Crippen LogP contribution in [0.2, 0.25) is 0 Å². The molecule has 3 rings (SSSR count). The molecular weight excluding hydrogens is 302 g/mol. The van der Waals surface area contributed by atoms with Crippen LogP contribution in [0.3, 0.4) is 0 Å². The average Bonchev–Trinajstić information content (AvgIpc) is 2.86. The summed E-state index contributed by atoms with van der Waals surface area (Å²) >= 11 is 1.46. The molecule has 0 saturated carbocycles. The molecule has 0 aromatic carbocycles. The summed E-state index contributed by atoms with van der Waals surface area (Å²) in [6.07, 6.45) is 1.41. The molecule has 1 saturated heterocycles. The van der Waals surface area contributed by atoms with Gasteiger partial charge in [-0.05, 0) is 13.8 Å². The number of hydrogen-bond acceptors (Lipinski definition) is 7. The van der Waals surface area contributed by atoms with Crippen molar-refractivity contribution in [2.24, 2.45) is 0 Å². The molecule has 22 heavy (non-hydrogen) atoms. The van der Waals surface area contributed by atoms with Gasteiger partial charge in [0.1, 0.15) is 17.8 Å². The largest absolute Gasteiger partial charge is 0.378 e. The Morgan fingerprint density at radius 2 is 2.09 bits per heavy atom. The zero-order chi connectivity index (χ0) is 15.5. The highest BCUT2D eigenvalue weighted by Gasteiger charge is 2.16. The number of thiazole rings is 1. The molecule has 0 aliphatic carbocycles. The standard InChI is InChI=1S/C14H17N5O2S/c1-9-10(2)22-14(17-9)18-13(20)11-7-12(16-8-15-11)19-3-5-21-6-4-19/h7-8H,3-6H2,1-2H3,(H,17,18,20). The molecule has 0 radical (unpaired) electrons. The Balaban J connectivity index is 1.74. The van der Waals surface area contributed by atoms with E-state index < -0.39 is 0 Å². The predicted molar refractivity (Wildman–Crippen MR) is 84.6 cm³/mol. The lowest BCUT2D eigenvalue weighted by molar-refractivity contribution is 0.102. The summed E-state index contributed by atoms with van der Waals surface area (Å²) in [5.41, 5.74) is 1.26. The van der Waals surface area contributed by atoms with Gasteiger partial charge in [0.15, 0.2) is 5.13 Å². The van der Waals surface area contributed by atoms with Crippen LogP contribution in [0.1, 0.15) is 21.1 Å². The maximum absolute atomic E-state index is 12.3. The number of anilines is 2. The minimum absolute atomic E-state index is 0.273. The minimum Gasteiger partial charge on any atom is -0.378 e. The molecule has 2 aromatic heterocycles. The van der Waals surface area contributed by atoms with Crippen molar-refractivity contribution in [3.05, 3.63) is 28.7 Å². The van der Waals surface area contributed by atoms with Gasteiger partial charge in [-0.2, -0.15) is 0 Å². The molecule has 3 heterocycles. The molecule has 1 aliphatic rings. The molecule has 116 valence electrons. The first kappa shape index (κ1) is 14.9. The van der Waals surface area contributed by atoms with Crippen molar-refractivity contribution in [3.8, 4) is 0 Å². The summed E-state index contributed by atoms with van der Waals surface area (Å²) in [6.45, 7) is 6.77. The lowest BCUT2D eigenvalue weighted by atomic mass is 10.3. The second-order valence-corrected chi connectivity index (χ2v) is 6.18. The monoisotopic (exact) mass is 319 g/mol. The smallest absolute Gasteiger partial charge is 0.276 e. The zero-order valence-electron chi connectivity index (χ0n) is 12.5. The van der Waals surface area contributed by atoms with Gasteiger partial charge >= 0.3 is 0 Å². The van der Waals surface area contributed by atoms with Gasteiger partial charge in [-0.15, -0.1) is 11.3 Å². The van der Waals surface area contributed by atoms with E-state index in [2.05, 4.69) is 25.2 Å². The lowest BCUT2D eigenvalue weighted by Gasteiger charge is -2.27. The number of rotatable bonds is 3. The van der Waals surface area contributed by atoms with E-state index in [1.54, 1.807) is 6.07 Å². The van der Waals surface area contributed by atoms with Crippen molar-refractivity contribution in [1.82, 2.24) is 15.0 Å². The zero-order valence-corrected chi connectivity index (χ0v) is 13.3. The number of amides is 1. The Hall–Kier alpha value is -2.06. The molecule has 1 N–H and O–H groups in total. The second-order valence-electron chi connectivity index (χ2n) is 4.98. The quantitative estimate of drug-likeness (QED) is 0.926. The first-order valence-corrected chi connectivity index (χ1v) is 7.85. The van der Waals surface area contributed by atoms with Crippen LogP contribution < -0.4 is 10.2 Å². The molecule has 0 unspecified atom stereocenters. The fourth-order valence-electron chi connectivity index (χ4n) is 2.12. The number of nitrogens with zero attached hydrogens (tertiary/aromatic N) is 4. The van der Waals surface area contributed by atoms with Crippen LogP contribution in [0.25, 0.3) is 0 Å². The number of morpholine rings is 1. The fraction of sp³-hybridized carbons (Fsp3) is 0.429. The van der Waals surface area contributed by atoms with Gasteiger partial charge in [0.2, 0.25) is 0 Å². The van der Waals surface area contributed by atoms with Gasteiger partial charge in [-0.1, -0.05) is 0 Å². The molecule has 1 fully saturated rings. The Kier molecular flexibility index (Phi) is 4.30. The van der Waals surface area contributed by atoms with Crippen molar-refractivity contribution < 1.29 is 9.53 Å². The molecular formula is C14H17N5O2S. The van der Waals surface area contributed by atoms with Gasteiger partial charge in [-0.3, -0.25) is 10.1 Å². The third-order valence-electron chi connectivity index (χ3n) is 3.47. The summed E-state index contributed by atoms with van der Waals surface area (Å²) < 4.78 is 5.32.